The van der Waals surface area contributed by atoms with E-state index in [2.05, 4.69) is 31.2 Å². The number of hydrogen-bond donors (Lipinski definition) is 1. The second kappa shape index (κ2) is 7.36. The van der Waals surface area contributed by atoms with E-state index < -0.39 is 0 Å². The van der Waals surface area contributed by atoms with Gasteiger partial charge in [-0.25, -0.2) is 0 Å². The first kappa shape index (κ1) is 18.5. The third kappa shape index (κ3) is 5.08. The Hall–Kier alpha value is -1.85. The predicted molar refractivity (Wildman–Crippen MR) is 91.7 cm³/mol. The summed E-state index contributed by atoms with van der Waals surface area (Å²) < 4.78 is 5.09. The fraction of sp³-hybridized carbons (Fsp3) is 0.722. The van der Waals surface area contributed by atoms with E-state index in [0.29, 0.717) is 25.4 Å². The van der Waals surface area contributed by atoms with Crippen LogP contribution in [0.1, 0.15) is 69.6 Å². The van der Waals surface area contributed by atoms with E-state index in [4.69, 9.17) is 4.52 Å². The van der Waals surface area contributed by atoms with Crippen molar-refractivity contribution in [3.8, 4) is 0 Å². The quantitative estimate of drug-likeness (QED) is 0.898. The third-order valence-corrected chi connectivity index (χ3v) is 4.22. The summed E-state index contributed by atoms with van der Waals surface area (Å²) in [6.07, 6.45) is 1.48. The highest BCUT2D eigenvalue weighted by atomic mass is 16.5. The zero-order chi connectivity index (χ0) is 17.9. The van der Waals surface area contributed by atoms with E-state index in [1.807, 2.05) is 18.7 Å². The molecule has 0 saturated carbocycles. The van der Waals surface area contributed by atoms with Crippen LogP contribution in [0, 0.1) is 11.3 Å². The standard InChI is InChI=1S/C18H29N3O3/c1-12(2)14-8-15(24-20-14)17(23)19-10-13-6-7-21(11-13)16(22)9-18(3,4)5/h8,12-13H,6-7,9-11H2,1-5H3,(H,19,23)/t13-/m1/s1. The Balaban J connectivity index is 1.79. The highest BCUT2D eigenvalue weighted by Crippen LogP contribution is 2.23. The number of likely N-dealkylation sites (tertiary alicyclic amines) is 1. The second-order valence-electron chi connectivity index (χ2n) is 8.21. The van der Waals surface area contributed by atoms with Crippen LogP contribution in [0.2, 0.25) is 0 Å². The lowest BCUT2D eigenvalue weighted by Gasteiger charge is -2.23. The van der Waals surface area contributed by atoms with Crippen molar-refractivity contribution >= 4 is 11.8 Å². The van der Waals surface area contributed by atoms with Crippen molar-refractivity contribution in [1.82, 2.24) is 15.4 Å². The number of carbonyl (C=O) groups excluding carboxylic acids is 2. The van der Waals surface area contributed by atoms with E-state index in [1.165, 1.54) is 0 Å². The van der Waals surface area contributed by atoms with Crippen LogP contribution in [0.3, 0.4) is 0 Å². The maximum atomic E-state index is 12.2. The maximum Gasteiger partial charge on any atom is 0.289 e. The normalized spacial score (nSPS) is 18.2. The van der Waals surface area contributed by atoms with Crippen molar-refractivity contribution in [3.63, 3.8) is 0 Å². The Morgan fingerprint density at radius 1 is 1.42 bits per heavy atom. The van der Waals surface area contributed by atoms with Crippen molar-refractivity contribution in [2.45, 2.75) is 53.4 Å². The summed E-state index contributed by atoms with van der Waals surface area (Å²) >= 11 is 0. The summed E-state index contributed by atoms with van der Waals surface area (Å²) in [6.45, 7) is 12.3. The zero-order valence-electron chi connectivity index (χ0n) is 15.4. The highest BCUT2D eigenvalue weighted by molar-refractivity contribution is 5.91. The van der Waals surface area contributed by atoms with E-state index in [9.17, 15) is 9.59 Å². The molecule has 0 radical (unpaired) electrons. The van der Waals surface area contributed by atoms with Crippen molar-refractivity contribution < 1.29 is 14.1 Å². The average molecular weight is 335 g/mol. The van der Waals surface area contributed by atoms with Crippen molar-refractivity contribution in [2.75, 3.05) is 19.6 Å². The average Bonchev–Trinajstić information content (AvgIpc) is 3.12. The highest BCUT2D eigenvalue weighted by Gasteiger charge is 2.29. The number of hydrogen-bond acceptors (Lipinski definition) is 4. The van der Waals surface area contributed by atoms with Crippen LogP contribution in [0.5, 0.6) is 0 Å². The molecular weight excluding hydrogens is 306 g/mol. The maximum absolute atomic E-state index is 12.2. The number of carbonyl (C=O) groups is 2. The summed E-state index contributed by atoms with van der Waals surface area (Å²) in [4.78, 5) is 26.3. The van der Waals surface area contributed by atoms with Gasteiger partial charge in [0.05, 0.1) is 5.69 Å². The largest absolute Gasteiger partial charge is 0.351 e. The van der Waals surface area contributed by atoms with E-state index >= 15 is 0 Å². The van der Waals surface area contributed by atoms with Gasteiger partial charge in [0.15, 0.2) is 0 Å². The van der Waals surface area contributed by atoms with E-state index in [-0.39, 0.29) is 28.9 Å². The molecule has 0 unspecified atom stereocenters. The molecule has 6 nitrogen and oxygen atoms in total. The fourth-order valence-corrected chi connectivity index (χ4v) is 2.78. The van der Waals surface area contributed by atoms with Gasteiger partial charge in [0.2, 0.25) is 11.7 Å². The molecule has 2 rings (SSSR count). The van der Waals surface area contributed by atoms with Crippen LogP contribution in [-0.4, -0.2) is 41.5 Å². The minimum absolute atomic E-state index is 0.00376. The number of nitrogens with one attached hydrogen (secondary N) is 1. The number of aromatic nitrogens is 1. The molecule has 1 aliphatic heterocycles. The molecule has 1 saturated heterocycles. The van der Waals surface area contributed by atoms with Gasteiger partial charge in [-0.2, -0.15) is 0 Å². The lowest BCUT2D eigenvalue weighted by atomic mass is 9.92. The molecule has 2 heterocycles. The van der Waals surface area contributed by atoms with Crippen molar-refractivity contribution in [3.05, 3.63) is 17.5 Å². The van der Waals surface area contributed by atoms with Gasteiger partial charge in [0.25, 0.3) is 5.91 Å². The topological polar surface area (TPSA) is 75.4 Å². The molecule has 1 atom stereocenters. The van der Waals surface area contributed by atoms with Gasteiger partial charge in [0, 0.05) is 32.1 Å². The summed E-state index contributed by atoms with van der Waals surface area (Å²) in [6, 6.07) is 1.69. The molecule has 0 aromatic carbocycles. The Kier molecular flexibility index (Phi) is 5.67. The molecule has 1 fully saturated rings. The van der Waals surface area contributed by atoms with Gasteiger partial charge in [0.1, 0.15) is 0 Å². The summed E-state index contributed by atoms with van der Waals surface area (Å²) in [5.74, 6) is 0.734. The molecule has 6 heteroatoms. The zero-order valence-corrected chi connectivity index (χ0v) is 15.4. The Morgan fingerprint density at radius 2 is 2.12 bits per heavy atom. The molecule has 1 aliphatic rings. The fourth-order valence-electron chi connectivity index (χ4n) is 2.78. The molecule has 0 bridgehead atoms. The van der Waals surface area contributed by atoms with Crippen LogP contribution in [0.15, 0.2) is 10.6 Å². The van der Waals surface area contributed by atoms with Crippen LogP contribution in [0.25, 0.3) is 0 Å². The second-order valence-corrected chi connectivity index (χ2v) is 8.21. The lowest BCUT2D eigenvalue weighted by molar-refractivity contribution is -0.132. The van der Waals surface area contributed by atoms with Crippen molar-refractivity contribution in [1.29, 1.82) is 0 Å². The minimum Gasteiger partial charge on any atom is -0.351 e. The van der Waals surface area contributed by atoms with E-state index in [0.717, 1.165) is 18.7 Å². The molecule has 1 aromatic heterocycles. The molecule has 0 spiro atoms. The van der Waals surface area contributed by atoms with Gasteiger partial charge in [-0.15, -0.1) is 0 Å². The first-order valence-electron chi connectivity index (χ1n) is 8.68. The monoisotopic (exact) mass is 335 g/mol. The SMILES string of the molecule is CC(C)c1cc(C(=O)NC[C@H]2CCN(C(=O)CC(C)(C)C)C2)on1. The smallest absolute Gasteiger partial charge is 0.289 e. The van der Waals surface area contributed by atoms with Gasteiger partial charge < -0.3 is 14.7 Å². The minimum atomic E-state index is -0.242. The summed E-state index contributed by atoms with van der Waals surface area (Å²) in [5.41, 5.74) is 0.782. The Morgan fingerprint density at radius 3 is 2.71 bits per heavy atom. The number of nitrogens with zero attached hydrogens (tertiary/aromatic N) is 2. The molecule has 24 heavy (non-hydrogen) atoms. The Labute approximate surface area is 143 Å². The summed E-state index contributed by atoms with van der Waals surface area (Å²) in [7, 11) is 0. The lowest BCUT2D eigenvalue weighted by Crippen LogP contribution is -2.34. The van der Waals surface area contributed by atoms with Crippen LogP contribution < -0.4 is 5.32 Å². The molecular formula is C18H29N3O3. The third-order valence-electron chi connectivity index (χ3n) is 4.22. The first-order valence-corrected chi connectivity index (χ1v) is 8.68. The molecule has 0 aliphatic carbocycles. The summed E-state index contributed by atoms with van der Waals surface area (Å²) in [5, 5.41) is 6.79. The van der Waals surface area contributed by atoms with E-state index in [1.54, 1.807) is 6.07 Å². The number of rotatable bonds is 5. The molecule has 134 valence electrons. The van der Waals surface area contributed by atoms with Crippen LogP contribution in [0.4, 0.5) is 0 Å². The van der Waals surface area contributed by atoms with Gasteiger partial charge in [-0.05, 0) is 23.7 Å². The molecule has 1 N–H and O–H groups in total. The van der Waals surface area contributed by atoms with Gasteiger partial charge in [-0.3, -0.25) is 9.59 Å². The predicted octanol–water partition coefficient (Wildman–Crippen LogP) is 2.81. The van der Waals surface area contributed by atoms with Crippen LogP contribution in [-0.2, 0) is 4.79 Å². The molecule has 1 aromatic rings. The number of amides is 2. The van der Waals surface area contributed by atoms with Crippen molar-refractivity contribution in [2.24, 2.45) is 11.3 Å². The van der Waals surface area contributed by atoms with Crippen LogP contribution >= 0.6 is 0 Å². The van der Waals surface area contributed by atoms with Gasteiger partial charge >= 0.3 is 0 Å². The first-order chi connectivity index (χ1) is 11.2. The van der Waals surface area contributed by atoms with Gasteiger partial charge in [-0.1, -0.05) is 39.8 Å². The molecule has 2 amide bonds. The Bertz CT molecular complexity index is 587.